The van der Waals surface area contributed by atoms with Gasteiger partial charge < -0.3 is 9.90 Å². The van der Waals surface area contributed by atoms with Crippen molar-refractivity contribution in [2.45, 2.75) is 0 Å². The van der Waals surface area contributed by atoms with Gasteiger partial charge in [0.15, 0.2) is 0 Å². The SMILES string of the molecule is C=CCN1C(=O)/C(=C\c2ccccc2C(=O)[O-])SC1=S. The van der Waals surface area contributed by atoms with E-state index >= 15 is 0 Å². The summed E-state index contributed by atoms with van der Waals surface area (Å²) in [5.41, 5.74) is 0.466. The van der Waals surface area contributed by atoms with E-state index in [2.05, 4.69) is 6.58 Å². The third kappa shape index (κ3) is 2.81. The molecule has 1 aliphatic heterocycles. The van der Waals surface area contributed by atoms with Crippen LogP contribution >= 0.6 is 24.0 Å². The minimum Gasteiger partial charge on any atom is -0.545 e. The maximum atomic E-state index is 12.1. The predicted molar refractivity (Wildman–Crippen MR) is 80.8 cm³/mol. The second kappa shape index (κ2) is 6.02. The summed E-state index contributed by atoms with van der Waals surface area (Å²) in [6, 6.07) is 6.35. The highest BCUT2D eigenvalue weighted by molar-refractivity contribution is 8.26. The number of nitrogens with zero attached hydrogens (tertiary/aromatic N) is 1. The van der Waals surface area contributed by atoms with Crippen LogP contribution in [0.2, 0.25) is 0 Å². The van der Waals surface area contributed by atoms with Crippen molar-refractivity contribution >= 4 is 46.3 Å². The Bertz CT molecular complexity index is 637. The Kier molecular flexibility index (Phi) is 4.36. The lowest BCUT2D eigenvalue weighted by Crippen LogP contribution is -2.27. The van der Waals surface area contributed by atoms with Crippen LogP contribution in [0.3, 0.4) is 0 Å². The van der Waals surface area contributed by atoms with E-state index in [-0.39, 0.29) is 11.5 Å². The molecule has 0 N–H and O–H groups in total. The number of carboxylic acid groups (broad SMARTS) is 1. The van der Waals surface area contributed by atoms with Crippen molar-refractivity contribution in [2.24, 2.45) is 0 Å². The predicted octanol–water partition coefficient (Wildman–Crippen LogP) is 1.44. The van der Waals surface area contributed by atoms with Crippen molar-refractivity contribution in [3.05, 3.63) is 53.0 Å². The van der Waals surface area contributed by atoms with Crippen molar-refractivity contribution in [3.63, 3.8) is 0 Å². The number of thiocarbonyl (C=S) groups is 1. The summed E-state index contributed by atoms with van der Waals surface area (Å²) < 4.78 is 0.437. The van der Waals surface area contributed by atoms with E-state index in [1.54, 1.807) is 24.3 Å². The number of carbonyl (C=O) groups excluding carboxylic acids is 2. The molecule has 0 atom stereocenters. The van der Waals surface area contributed by atoms with Gasteiger partial charge in [0.2, 0.25) is 0 Å². The molecule has 0 unspecified atom stereocenters. The van der Waals surface area contributed by atoms with Gasteiger partial charge >= 0.3 is 0 Å². The van der Waals surface area contributed by atoms with Gasteiger partial charge in [-0.15, -0.1) is 6.58 Å². The van der Waals surface area contributed by atoms with E-state index in [0.717, 1.165) is 11.8 Å². The average Bonchev–Trinajstić information content (AvgIpc) is 2.67. The lowest BCUT2D eigenvalue weighted by atomic mass is 10.1. The van der Waals surface area contributed by atoms with E-state index in [4.69, 9.17) is 12.2 Å². The summed E-state index contributed by atoms with van der Waals surface area (Å²) in [6.07, 6.45) is 3.11. The Balaban J connectivity index is 2.38. The monoisotopic (exact) mass is 304 g/mol. The fourth-order valence-corrected chi connectivity index (χ4v) is 3.00. The Hall–Kier alpha value is -1.92. The molecule has 1 heterocycles. The number of thioether (sulfide) groups is 1. The molecule has 6 heteroatoms. The quantitative estimate of drug-likeness (QED) is 0.478. The van der Waals surface area contributed by atoms with Crippen molar-refractivity contribution < 1.29 is 14.7 Å². The number of carbonyl (C=O) groups is 2. The Morgan fingerprint density at radius 2 is 2.15 bits per heavy atom. The van der Waals surface area contributed by atoms with Crippen LogP contribution in [0.15, 0.2) is 41.8 Å². The maximum absolute atomic E-state index is 12.1. The number of amides is 1. The van der Waals surface area contributed by atoms with Gasteiger partial charge in [-0.3, -0.25) is 9.69 Å². The first-order chi connectivity index (χ1) is 9.54. The van der Waals surface area contributed by atoms with E-state index in [1.165, 1.54) is 17.0 Å². The molecule has 0 bridgehead atoms. The van der Waals surface area contributed by atoms with Gasteiger partial charge in [-0.2, -0.15) is 0 Å². The number of rotatable bonds is 4. The zero-order chi connectivity index (χ0) is 14.7. The van der Waals surface area contributed by atoms with Crippen molar-refractivity contribution in [1.82, 2.24) is 4.90 Å². The molecule has 0 aliphatic carbocycles. The number of carboxylic acids is 1. The molecular weight excluding hydrogens is 294 g/mol. The molecule has 4 nitrogen and oxygen atoms in total. The third-order valence-electron chi connectivity index (χ3n) is 2.65. The molecule has 0 saturated carbocycles. The fourth-order valence-electron chi connectivity index (χ4n) is 1.74. The lowest BCUT2D eigenvalue weighted by Gasteiger charge is -2.10. The van der Waals surface area contributed by atoms with Crippen LogP contribution in [0, 0.1) is 0 Å². The Morgan fingerprint density at radius 1 is 1.45 bits per heavy atom. The van der Waals surface area contributed by atoms with Crippen LogP contribution in [0.5, 0.6) is 0 Å². The number of hydrogen-bond donors (Lipinski definition) is 0. The van der Waals surface area contributed by atoms with Gasteiger partial charge in [-0.1, -0.05) is 54.3 Å². The number of aromatic carboxylic acids is 1. The molecule has 1 aromatic rings. The highest BCUT2D eigenvalue weighted by Gasteiger charge is 2.31. The van der Waals surface area contributed by atoms with Crippen LogP contribution in [-0.4, -0.2) is 27.6 Å². The molecule has 2 rings (SSSR count). The molecular formula is C14H10NO3S2-. The summed E-state index contributed by atoms with van der Waals surface area (Å²) in [5.74, 6) is -1.52. The van der Waals surface area contributed by atoms with E-state index < -0.39 is 5.97 Å². The first-order valence-electron chi connectivity index (χ1n) is 5.71. The van der Waals surface area contributed by atoms with Gasteiger partial charge in [-0.25, -0.2) is 0 Å². The molecule has 1 aliphatic rings. The van der Waals surface area contributed by atoms with Gasteiger partial charge in [0.25, 0.3) is 5.91 Å². The minimum absolute atomic E-state index is 0.0430. The van der Waals surface area contributed by atoms with Crippen LogP contribution in [-0.2, 0) is 4.79 Å². The zero-order valence-corrected chi connectivity index (χ0v) is 12.0. The summed E-state index contributed by atoms with van der Waals surface area (Å²) in [7, 11) is 0. The van der Waals surface area contributed by atoms with Gasteiger partial charge in [-0.05, 0) is 11.6 Å². The minimum atomic E-state index is -1.28. The average molecular weight is 304 g/mol. The molecule has 1 fully saturated rings. The first-order valence-corrected chi connectivity index (χ1v) is 6.93. The van der Waals surface area contributed by atoms with Crippen molar-refractivity contribution in [2.75, 3.05) is 6.54 Å². The van der Waals surface area contributed by atoms with Crippen molar-refractivity contribution in [1.29, 1.82) is 0 Å². The van der Waals surface area contributed by atoms with Crippen LogP contribution < -0.4 is 5.11 Å². The summed E-state index contributed by atoms with van der Waals surface area (Å²) in [6.45, 7) is 3.91. The van der Waals surface area contributed by atoms with E-state index in [1.807, 2.05) is 0 Å². The molecule has 20 heavy (non-hydrogen) atoms. The topological polar surface area (TPSA) is 60.4 Å². The molecule has 1 saturated heterocycles. The summed E-state index contributed by atoms with van der Waals surface area (Å²) >= 11 is 6.26. The van der Waals surface area contributed by atoms with Crippen LogP contribution in [0.1, 0.15) is 15.9 Å². The van der Waals surface area contributed by atoms with Crippen LogP contribution in [0.25, 0.3) is 6.08 Å². The normalized spacial score (nSPS) is 16.8. The second-order valence-electron chi connectivity index (χ2n) is 3.96. The van der Waals surface area contributed by atoms with Crippen molar-refractivity contribution in [3.8, 4) is 0 Å². The van der Waals surface area contributed by atoms with Gasteiger partial charge in [0.05, 0.1) is 10.9 Å². The molecule has 0 aromatic heterocycles. The van der Waals surface area contributed by atoms with Gasteiger partial charge in [0, 0.05) is 12.1 Å². The van der Waals surface area contributed by atoms with E-state index in [0.29, 0.717) is 21.3 Å². The summed E-state index contributed by atoms with van der Waals surface area (Å²) in [4.78, 5) is 25.0. The number of hydrogen-bond acceptors (Lipinski definition) is 5. The first kappa shape index (κ1) is 14.5. The molecule has 1 amide bonds. The van der Waals surface area contributed by atoms with E-state index in [9.17, 15) is 14.7 Å². The highest BCUT2D eigenvalue weighted by atomic mass is 32.2. The highest BCUT2D eigenvalue weighted by Crippen LogP contribution is 2.32. The zero-order valence-electron chi connectivity index (χ0n) is 10.4. The maximum Gasteiger partial charge on any atom is 0.266 e. The molecule has 0 radical (unpaired) electrons. The van der Waals surface area contributed by atoms with Gasteiger partial charge in [0.1, 0.15) is 4.32 Å². The molecule has 1 aromatic carbocycles. The molecule has 0 spiro atoms. The Morgan fingerprint density at radius 3 is 2.80 bits per heavy atom. The second-order valence-corrected chi connectivity index (χ2v) is 5.63. The van der Waals surface area contributed by atoms with Crippen LogP contribution in [0.4, 0.5) is 0 Å². The summed E-state index contributed by atoms with van der Waals surface area (Å²) in [5, 5.41) is 11.0. The third-order valence-corrected chi connectivity index (χ3v) is 4.03. The standard InChI is InChI=1S/C14H11NO3S2/c1-2-7-15-12(16)11(20-14(15)19)8-9-5-3-4-6-10(9)13(17)18/h2-6,8H,1,7H2,(H,17,18)/p-1/b11-8+. The molecule has 102 valence electrons. The largest absolute Gasteiger partial charge is 0.545 e. The fraction of sp³-hybridized carbons (Fsp3) is 0.0714. The smallest absolute Gasteiger partial charge is 0.266 e. The lowest BCUT2D eigenvalue weighted by molar-refractivity contribution is -0.255. The number of benzene rings is 1. The Labute approximate surface area is 125 Å².